The van der Waals surface area contributed by atoms with Crippen LogP contribution in [0.2, 0.25) is 0 Å². The Labute approximate surface area is 151 Å². The molecule has 2 aromatic rings. The lowest BCUT2D eigenvalue weighted by atomic mass is 9.82. The van der Waals surface area contributed by atoms with Gasteiger partial charge in [-0.05, 0) is 17.7 Å². The Morgan fingerprint density at radius 2 is 2.00 bits per heavy atom. The van der Waals surface area contributed by atoms with Crippen molar-refractivity contribution in [3.63, 3.8) is 0 Å². The fourth-order valence-electron chi connectivity index (χ4n) is 3.61. The van der Waals surface area contributed by atoms with Gasteiger partial charge in [-0.15, -0.1) is 0 Å². The number of pyridine rings is 1. The highest BCUT2D eigenvalue weighted by molar-refractivity contribution is 5.76. The summed E-state index contributed by atoms with van der Waals surface area (Å²) in [5, 5.41) is 0. The largest absolute Gasteiger partial charge is 0.462 e. The van der Waals surface area contributed by atoms with Gasteiger partial charge in [-0.25, -0.2) is 9.98 Å². The predicted molar refractivity (Wildman–Crippen MR) is 97.1 cm³/mol. The quantitative estimate of drug-likeness (QED) is 0.902. The van der Waals surface area contributed by atoms with E-state index in [1.54, 1.807) is 0 Å². The van der Waals surface area contributed by atoms with Crippen molar-refractivity contribution in [2.24, 2.45) is 16.1 Å². The van der Waals surface area contributed by atoms with Crippen LogP contribution in [-0.4, -0.2) is 30.8 Å². The third-order valence-corrected chi connectivity index (χ3v) is 5.13. The highest BCUT2D eigenvalue weighted by atomic mass is 16.5. The molecule has 4 heterocycles. The second-order valence-corrected chi connectivity index (χ2v) is 7.30. The van der Waals surface area contributed by atoms with E-state index in [2.05, 4.69) is 35.1 Å². The molecule has 132 valence electrons. The minimum atomic E-state index is -0.714. The molecule has 3 aliphatic heterocycles. The van der Waals surface area contributed by atoms with Crippen LogP contribution in [0.3, 0.4) is 0 Å². The molecule has 6 heteroatoms. The molecule has 1 spiro atoms. The normalized spacial score (nSPS) is 25.0. The van der Waals surface area contributed by atoms with Crippen LogP contribution in [0.25, 0.3) is 6.08 Å². The monoisotopic (exact) mass is 349 g/mol. The maximum atomic E-state index is 6.01. The molecule has 0 saturated carbocycles. The van der Waals surface area contributed by atoms with Gasteiger partial charge in [0.15, 0.2) is 5.54 Å². The lowest BCUT2D eigenvalue weighted by Crippen LogP contribution is -2.37. The van der Waals surface area contributed by atoms with Gasteiger partial charge in [0, 0.05) is 17.2 Å². The predicted octanol–water partition coefficient (Wildman–Crippen LogP) is 2.83. The maximum absolute atomic E-state index is 6.01. The van der Waals surface area contributed by atoms with Crippen LogP contribution in [0.4, 0.5) is 0 Å². The van der Waals surface area contributed by atoms with Gasteiger partial charge in [0.05, 0.1) is 18.8 Å². The van der Waals surface area contributed by atoms with E-state index in [1.807, 2.05) is 30.5 Å². The summed E-state index contributed by atoms with van der Waals surface area (Å²) in [7, 11) is 0. The van der Waals surface area contributed by atoms with Crippen molar-refractivity contribution in [1.82, 2.24) is 4.98 Å². The molecule has 0 aliphatic carbocycles. The summed E-state index contributed by atoms with van der Waals surface area (Å²) >= 11 is 0. The maximum Gasteiger partial charge on any atom is 0.283 e. The number of nitrogens with zero attached hydrogens (tertiary/aromatic N) is 2. The molecule has 1 fully saturated rings. The summed E-state index contributed by atoms with van der Waals surface area (Å²) in [6.07, 6.45) is 6.06. The Morgan fingerprint density at radius 3 is 2.73 bits per heavy atom. The topological polar surface area (TPSA) is 79.0 Å². The smallest absolute Gasteiger partial charge is 0.283 e. The Kier molecular flexibility index (Phi) is 3.15. The average Bonchev–Trinajstić information content (AvgIpc) is 3.01. The molecule has 1 atom stereocenters. The number of ether oxygens (including phenoxy) is 3. The van der Waals surface area contributed by atoms with Gasteiger partial charge in [-0.3, -0.25) is 0 Å². The van der Waals surface area contributed by atoms with E-state index in [0.29, 0.717) is 12.5 Å². The van der Waals surface area contributed by atoms with Gasteiger partial charge in [-0.2, -0.15) is 0 Å². The number of amidine groups is 1. The Balaban J connectivity index is 1.62. The Bertz CT molecular complexity index is 949. The van der Waals surface area contributed by atoms with Crippen LogP contribution in [0.5, 0.6) is 11.6 Å². The second kappa shape index (κ2) is 5.32. The number of aliphatic imine (C=N–C) groups is 1. The molecule has 26 heavy (non-hydrogen) atoms. The first kappa shape index (κ1) is 15.4. The summed E-state index contributed by atoms with van der Waals surface area (Å²) in [4.78, 5) is 9.18. The minimum Gasteiger partial charge on any atom is -0.462 e. The molecule has 1 aromatic carbocycles. The van der Waals surface area contributed by atoms with E-state index in [1.165, 1.54) is 0 Å². The number of rotatable bonds is 2. The summed E-state index contributed by atoms with van der Waals surface area (Å²) in [5.74, 6) is 1.28. The van der Waals surface area contributed by atoms with Gasteiger partial charge in [0.1, 0.15) is 12.4 Å². The zero-order valence-electron chi connectivity index (χ0n) is 14.4. The fraction of sp³-hybridized carbons (Fsp3) is 0.300. The molecule has 3 aliphatic rings. The number of benzene rings is 1. The molecule has 1 aromatic heterocycles. The SMILES string of the molecule is CC1(/C=C/c2cnc3c(c2)[C@]2(COC(N)=N2)c2ccccc2O3)COC1. The number of hydrogen-bond donors (Lipinski definition) is 1. The van der Waals surface area contributed by atoms with E-state index in [0.717, 1.165) is 35.7 Å². The van der Waals surface area contributed by atoms with E-state index in [-0.39, 0.29) is 11.4 Å². The Morgan fingerprint density at radius 1 is 1.15 bits per heavy atom. The van der Waals surface area contributed by atoms with Crippen molar-refractivity contribution in [3.8, 4) is 11.6 Å². The van der Waals surface area contributed by atoms with Gasteiger partial charge < -0.3 is 19.9 Å². The first-order chi connectivity index (χ1) is 12.6. The van der Waals surface area contributed by atoms with Crippen LogP contribution in [0.1, 0.15) is 23.6 Å². The van der Waals surface area contributed by atoms with Crippen molar-refractivity contribution >= 4 is 12.1 Å². The molecule has 0 unspecified atom stereocenters. The van der Waals surface area contributed by atoms with Crippen molar-refractivity contribution in [2.75, 3.05) is 19.8 Å². The van der Waals surface area contributed by atoms with E-state index in [4.69, 9.17) is 19.9 Å². The molecule has 6 nitrogen and oxygen atoms in total. The molecule has 0 amide bonds. The van der Waals surface area contributed by atoms with E-state index < -0.39 is 5.54 Å². The summed E-state index contributed by atoms with van der Waals surface area (Å²) in [5.41, 5.74) is 8.05. The third kappa shape index (κ3) is 2.22. The van der Waals surface area contributed by atoms with Gasteiger partial charge in [0.25, 0.3) is 6.02 Å². The Hall–Kier alpha value is -2.86. The average molecular weight is 349 g/mol. The third-order valence-electron chi connectivity index (χ3n) is 5.13. The van der Waals surface area contributed by atoms with Gasteiger partial charge in [0.2, 0.25) is 5.88 Å². The number of para-hydroxylation sites is 1. The summed E-state index contributed by atoms with van der Waals surface area (Å²) in [6.45, 7) is 4.01. The van der Waals surface area contributed by atoms with Gasteiger partial charge in [-0.1, -0.05) is 37.3 Å². The van der Waals surface area contributed by atoms with Crippen LogP contribution in [0.15, 0.2) is 47.6 Å². The van der Waals surface area contributed by atoms with Crippen LogP contribution >= 0.6 is 0 Å². The van der Waals surface area contributed by atoms with Crippen molar-refractivity contribution in [3.05, 3.63) is 59.3 Å². The number of nitrogens with two attached hydrogens (primary N) is 1. The molecule has 0 bridgehead atoms. The van der Waals surface area contributed by atoms with E-state index in [9.17, 15) is 0 Å². The van der Waals surface area contributed by atoms with Gasteiger partial charge >= 0.3 is 0 Å². The zero-order valence-corrected chi connectivity index (χ0v) is 14.4. The lowest BCUT2D eigenvalue weighted by Gasteiger charge is -2.35. The van der Waals surface area contributed by atoms with Crippen molar-refractivity contribution in [2.45, 2.75) is 12.5 Å². The number of aromatic nitrogens is 1. The van der Waals surface area contributed by atoms with Crippen LogP contribution < -0.4 is 10.5 Å². The summed E-state index contributed by atoms with van der Waals surface area (Å²) in [6, 6.07) is 10.1. The molecule has 1 saturated heterocycles. The minimum absolute atomic E-state index is 0.0930. The number of fused-ring (bicyclic) bond motifs is 4. The fourth-order valence-corrected chi connectivity index (χ4v) is 3.61. The molecular formula is C20H19N3O3. The number of hydrogen-bond acceptors (Lipinski definition) is 6. The standard InChI is InChI=1S/C20H19N3O3/c1-19(10-24-11-19)7-6-13-8-15-17(22-9-13)26-16-5-3-2-4-14(16)20(15)12-25-18(21)23-20/h2-9H,10-12H2,1H3,(H2,21,23)/b7-6+/t20-/m0/s1. The molecular weight excluding hydrogens is 330 g/mol. The first-order valence-corrected chi connectivity index (χ1v) is 8.61. The first-order valence-electron chi connectivity index (χ1n) is 8.61. The van der Waals surface area contributed by atoms with Crippen LogP contribution in [0, 0.1) is 5.41 Å². The molecule has 2 N–H and O–H groups in total. The zero-order chi connectivity index (χ0) is 17.8. The van der Waals surface area contributed by atoms with Crippen molar-refractivity contribution < 1.29 is 14.2 Å². The second-order valence-electron chi connectivity index (χ2n) is 7.30. The summed E-state index contributed by atoms with van der Waals surface area (Å²) < 4.78 is 16.9. The molecule has 0 radical (unpaired) electrons. The lowest BCUT2D eigenvalue weighted by molar-refractivity contribution is -0.0703. The highest BCUT2D eigenvalue weighted by Crippen LogP contribution is 2.50. The highest BCUT2D eigenvalue weighted by Gasteiger charge is 2.47. The van der Waals surface area contributed by atoms with Crippen LogP contribution in [-0.2, 0) is 15.0 Å². The van der Waals surface area contributed by atoms with Crippen molar-refractivity contribution in [1.29, 1.82) is 0 Å². The molecule has 5 rings (SSSR count). The van der Waals surface area contributed by atoms with E-state index >= 15 is 0 Å².